The normalized spacial score (nSPS) is 11.8. The summed E-state index contributed by atoms with van der Waals surface area (Å²) in [4.78, 5) is 32.9. The van der Waals surface area contributed by atoms with E-state index in [9.17, 15) is 17.6 Å². The number of H-pyrrole nitrogens is 2. The number of aromatic nitrogens is 7. The van der Waals surface area contributed by atoms with E-state index in [2.05, 4.69) is 45.2 Å². The number of amides is 1. The molecule has 6 rings (SSSR count). The number of imidazole rings is 1. The van der Waals surface area contributed by atoms with E-state index < -0.39 is 21.7 Å². The van der Waals surface area contributed by atoms with Gasteiger partial charge in [-0.05, 0) is 42.3 Å². The smallest absolute Gasteiger partial charge is 0.224 e. The molecule has 5 aromatic heterocycles. The number of hydrogen-bond acceptors (Lipinski definition) is 8. The van der Waals surface area contributed by atoms with Gasteiger partial charge in [0, 0.05) is 36.5 Å². The Balaban J connectivity index is 1.38. The van der Waals surface area contributed by atoms with Crippen LogP contribution >= 0.6 is 0 Å². The molecule has 0 unspecified atom stereocenters. The molecular weight excluding hydrogens is 604 g/mol. The maximum Gasteiger partial charge on any atom is 0.224 e. The Hall–Kier alpha value is -5.15. The lowest BCUT2D eigenvalue weighted by Gasteiger charge is -2.08. The van der Waals surface area contributed by atoms with E-state index in [1.807, 2.05) is 6.92 Å². The summed E-state index contributed by atoms with van der Waals surface area (Å²) in [5.74, 6) is -1.17. The fourth-order valence-electron chi connectivity index (χ4n) is 4.91. The molecule has 0 bridgehead atoms. The standard InChI is InChI=1S/C30H27F2N9O3S/c1-3-4-5-23(42)37-20-11-18(13-33-14-20)26-25(32)24-22(15-35-26)40-41-29(24)30-38-21-6-7-34-27(28(21)39-30)17-8-16(9-19(31)10-17)12-36-45(2,43)44/h6-11,13-15,36H,3-5,12H2,1-2H3,(H,37,42)(H,38,39)(H,40,41). The number of sulfonamides is 1. The quantitative estimate of drug-likeness (QED) is 0.162. The topological polar surface area (TPSA) is 171 Å². The minimum absolute atomic E-state index is 0.00997. The molecule has 0 atom stereocenters. The number of nitrogens with one attached hydrogen (secondary N) is 4. The molecule has 0 fully saturated rings. The van der Waals surface area contributed by atoms with Crippen LogP contribution < -0.4 is 10.0 Å². The molecular formula is C30H27F2N9O3S. The average molecular weight is 632 g/mol. The summed E-state index contributed by atoms with van der Waals surface area (Å²) in [6, 6.07) is 7.40. The number of fused-ring (bicyclic) bond motifs is 2. The van der Waals surface area contributed by atoms with Crippen molar-refractivity contribution in [3.8, 4) is 34.0 Å². The minimum Gasteiger partial charge on any atom is -0.336 e. The SMILES string of the molecule is CCCCC(=O)Nc1cncc(-c2ncc3[nH]nc(-c4nc5c(-c6cc(F)cc(CNS(C)(=O)=O)c6)nccc5[nH]4)c3c2F)c1. The van der Waals surface area contributed by atoms with Crippen molar-refractivity contribution >= 4 is 43.6 Å². The number of nitrogens with zero attached hydrogens (tertiary/aromatic N) is 5. The predicted molar refractivity (Wildman–Crippen MR) is 165 cm³/mol. The van der Waals surface area contributed by atoms with Crippen molar-refractivity contribution in [1.29, 1.82) is 0 Å². The first-order valence-electron chi connectivity index (χ1n) is 14.0. The maximum absolute atomic E-state index is 16.2. The van der Waals surface area contributed by atoms with Gasteiger partial charge in [-0.25, -0.2) is 26.9 Å². The zero-order valence-electron chi connectivity index (χ0n) is 24.1. The third-order valence-electron chi connectivity index (χ3n) is 6.99. The van der Waals surface area contributed by atoms with Crippen molar-refractivity contribution in [3.63, 3.8) is 0 Å². The van der Waals surface area contributed by atoms with Gasteiger partial charge in [0.2, 0.25) is 15.9 Å². The number of unbranched alkanes of at least 4 members (excludes halogenated alkanes) is 1. The Morgan fingerprint density at radius 1 is 0.978 bits per heavy atom. The summed E-state index contributed by atoms with van der Waals surface area (Å²) < 4.78 is 56.2. The molecule has 0 radical (unpaired) electrons. The Bertz CT molecular complexity index is 2180. The van der Waals surface area contributed by atoms with Crippen LogP contribution in [0.2, 0.25) is 0 Å². The van der Waals surface area contributed by atoms with Gasteiger partial charge in [-0.3, -0.25) is 24.8 Å². The maximum atomic E-state index is 16.2. The van der Waals surface area contributed by atoms with Crippen LogP contribution in [0.1, 0.15) is 31.7 Å². The van der Waals surface area contributed by atoms with Crippen molar-refractivity contribution in [1.82, 2.24) is 39.8 Å². The van der Waals surface area contributed by atoms with Crippen LogP contribution in [0.25, 0.3) is 56.0 Å². The fraction of sp³-hybridized carbons (Fsp3) is 0.200. The van der Waals surface area contributed by atoms with Gasteiger partial charge in [-0.15, -0.1) is 0 Å². The number of rotatable bonds is 10. The monoisotopic (exact) mass is 631 g/mol. The number of halogens is 2. The van der Waals surface area contributed by atoms with E-state index in [1.165, 1.54) is 36.9 Å². The van der Waals surface area contributed by atoms with Crippen LogP contribution in [-0.2, 0) is 21.4 Å². The van der Waals surface area contributed by atoms with Crippen LogP contribution in [0.4, 0.5) is 14.5 Å². The Morgan fingerprint density at radius 2 is 1.82 bits per heavy atom. The third kappa shape index (κ3) is 6.39. The zero-order chi connectivity index (χ0) is 31.7. The first kappa shape index (κ1) is 29.9. The van der Waals surface area contributed by atoms with E-state index in [4.69, 9.17) is 0 Å². The highest BCUT2D eigenvalue weighted by molar-refractivity contribution is 7.88. The van der Waals surface area contributed by atoms with Gasteiger partial charge in [0.05, 0.1) is 46.5 Å². The van der Waals surface area contributed by atoms with Gasteiger partial charge in [0.25, 0.3) is 0 Å². The van der Waals surface area contributed by atoms with Crippen molar-refractivity contribution < 1.29 is 22.0 Å². The van der Waals surface area contributed by atoms with Crippen molar-refractivity contribution in [2.24, 2.45) is 0 Å². The van der Waals surface area contributed by atoms with E-state index in [0.717, 1.165) is 19.1 Å². The van der Waals surface area contributed by atoms with Crippen LogP contribution in [0.15, 0.2) is 55.1 Å². The number of carbonyl (C=O) groups excluding carboxylic acids is 1. The first-order valence-corrected chi connectivity index (χ1v) is 15.9. The average Bonchev–Trinajstić information content (AvgIpc) is 3.63. The highest BCUT2D eigenvalue weighted by Gasteiger charge is 2.22. The Morgan fingerprint density at radius 3 is 2.62 bits per heavy atom. The molecule has 45 heavy (non-hydrogen) atoms. The van der Waals surface area contributed by atoms with Crippen LogP contribution in [0.3, 0.4) is 0 Å². The van der Waals surface area contributed by atoms with Gasteiger partial charge in [-0.2, -0.15) is 5.10 Å². The minimum atomic E-state index is -3.49. The summed E-state index contributed by atoms with van der Waals surface area (Å²) in [5.41, 5.74) is 3.33. The second-order valence-corrected chi connectivity index (χ2v) is 12.3. The lowest BCUT2D eigenvalue weighted by molar-refractivity contribution is -0.116. The predicted octanol–water partition coefficient (Wildman–Crippen LogP) is 5.08. The third-order valence-corrected chi connectivity index (χ3v) is 7.66. The fourth-order valence-corrected chi connectivity index (χ4v) is 5.34. The molecule has 1 amide bonds. The molecule has 0 saturated carbocycles. The highest BCUT2D eigenvalue weighted by Crippen LogP contribution is 2.34. The van der Waals surface area contributed by atoms with Crippen LogP contribution in [0, 0.1) is 11.6 Å². The molecule has 0 aliphatic carbocycles. The van der Waals surface area contributed by atoms with Gasteiger partial charge >= 0.3 is 0 Å². The molecule has 0 saturated heterocycles. The molecule has 4 N–H and O–H groups in total. The second kappa shape index (κ2) is 12.1. The molecule has 0 spiro atoms. The van der Waals surface area contributed by atoms with E-state index >= 15 is 4.39 Å². The molecule has 15 heteroatoms. The highest BCUT2D eigenvalue weighted by atomic mass is 32.2. The molecule has 0 aliphatic rings. The van der Waals surface area contributed by atoms with Crippen molar-refractivity contribution in [2.45, 2.75) is 32.7 Å². The number of pyridine rings is 3. The Labute approximate surface area is 255 Å². The van der Waals surface area contributed by atoms with Gasteiger partial charge in [-0.1, -0.05) is 13.3 Å². The second-order valence-electron chi connectivity index (χ2n) is 10.5. The van der Waals surface area contributed by atoms with E-state index in [1.54, 1.807) is 18.2 Å². The van der Waals surface area contributed by atoms with Gasteiger partial charge in [0.15, 0.2) is 11.6 Å². The number of carbonyl (C=O) groups is 1. The van der Waals surface area contributed by atoms with Gasteiger partial charge in [0.1, 0.15) is 22.7 Å². The summed E-state index contributed by atoms with van der Waals surface area (Å²) in [7, 11) is -3.49. The summed E-state index contributed by atoms with van der Waals surface area (Å²) >= 11 is 0. The van der Waals surface area contributed by atoms with Crippen LogP contribution in [-0.4, -0.2) is 55.7 Å². The molecule has 230 valence electrons. The number of benzene rings is 1. The molecule has 0 aliphatic heterocycles. The summed E-state index contributed by atoms with van der Waals surface area (Å²) in [6.07, 6.45) is 8.93. The van der Waals surface area contributed by atoms with Crippen molar-refractivity contribution in [2.75, 3.05) is 11.6 Å². The van der Waals surface area contributed by atoms with E-state index in [-0.39, 0.29) is 35.1 Å². The molecule has 1 aromatic carbocycles. The zero-order valence-corrected chi connectivity index (χ0v) is 25.0. The number of aromatic amines is 2. The number of anilines is 1. The largest absolute Gasteiger partial charge is 0.336 e. The Kier molecular flexibility index (Phi) is 8.03. The number of hydrogen-bond donors (Lipinski definition) is 4. The first-order chi connectivity index (χ1) is 21.6. The molecule has 5 heterocycles. The van der Waals surface area contributed by atoms with Gasteiger partial charge < -0.3 is 10.3 Å². The van der Waals surface area contributed by atoms with Crippen LogP contribution in [0.5, 0.6) is 0 Å². The lowest BCUT2D eigenvalue weighted by atomic mass is 10.1. The van der Waals surface area contributed by atoms with Crippen molar-refractivity contribution in [3.05, 3.63) is 72.3 Å². The molecule has 6 aromatic rings. The summed E-state index contributed by atoms with van der Waals surface area (Å²) in [6.45, 7) is 1.89. The van der Waals surface area contributed by atoms with E-state index in [0.29, 0.717) is 51.0 Å². The summed E-state index contributed by atoms with van der Waals surface area (Å²) in [5, 5.41) is 10.0. The lowest BCUT2D eigenvalue weighted by Crippen LogP contribution is -2.21. The molecule has 12 nitrogen and oxygen atoms in total.